The normalized spacial score (nSPS) is 37.2. The third kappa shape index (κ3) is 2.38. The third-order valence-electron chi connectivity index (χ3n) is 4.67. The van der Waals surface area contributed by atoms with Crippen LogP contribution in [0.2, 0.25) is 0 Å². The molecule has 2 heterocycles. The Morgan fingerprint density at radius 3 is 2.35 bits per heavy atom. The molecule has 0 aliphatic carbocycles. The molecule has 0 radical (unpaired) electrons. The first-order valence-corrected chi connectivity index (χ1v) is 6.93. The maximum Gasteiger partial charge on any atom is 0.0644 e. The van der Waals surface area contributed by atoms with Gasteiger partial charge in [-0.3, -0.25) is 4.90 Å². The first-order chi connectivity index (χ1) is 7.81. The summed E-state index contributed by atoms with van der Waals surface area (Å²) < 4.78 is 5.87. The van der Waals surface area contributed by atoms with Gasteiger partial charge in [0.05, 0.1) is 5.60 Å². The molecule has 100 valence electrons. The molecule has 2 rings (SSSR count). The highest BCUT2D eigenvalue weighted by Gasteiger charge is 2.50. The zero-order valence-corrected chi connectivity index (χ0v) is 11.9. The summed E-state index contributed by atoms with van der Waals surface area (Å²) in [5.41, 5.74) is 6.58. The van der Waals surface area contributed by atoms with E-state index in [2.05, 4.69) is 32.6 Å². The molecule has 2 fully saturated rings. The van der Waals surface area contributed by atoms with Crippen molar-refractivity contribution < 1.29 is 4.74 Å². The molecule has 2 aliphatic rings. The maximum absolute atomic E-state index is 6.16. The topological polar surface area (TPSA) is 38.5 Å². The van der Waals surface area contributed by atoms with Crippen molar-refractivity contribution in [2.45, 2.75) is 70.1 Å². The Balaban J connectivity index is 2.25. The molecule has 1 unspecified atom stereocenters. The Hall–Kier alpha value is -0.120. The second kappa shape index (κ2) is 4.22. The minimum Gasteiger partial charge on any atom is -0.375 e. The van der Waals surface area contributed by atoms with E-state index in [1.807, 2.05) is 0 Å². The number of likely N-dealkylation sites (tertiary alicyclic amines) is 1. The van der Waals surface area contributed by atoms with E-state index in [4.69, 9.17) is 10.5 Å². The molecule has 0 aromatic carbocycles. The predicted octanol–water partition coefficient (Wildman–Crippen LogP) is 2.15. The molecule has 17 heavy (non-hydrogen) atoms. The summed E-state index contributed by atoms with van der Waals surface area (Å²) >= 11 is 0. The zero-order valence-electron chi connectivity index (χ0n) is 11.9. The van der Waals surface area contributed by atoms with Crippen molar-refractivity contribution in [1.82, 2.24) is 4.90 Å². The van der Waals surface area contributed by atoms with Crippen molar-refractivity contribution >= 4 is 0 Å². The van der Waals surface area contributed by atoms with Gasteiger partial charge < -0.3 is 10.5 Å². The van der Waals surface area contributed by atoms with Crippen LogP contribution in [-0.4, -0.2) is 41.3 Å². The van der Waals surface area contributed by atoms with Gasteiger partial charge in [-0.25, -0.2) is 0 Å². The van der Waals surface area contributed by atoms with Gasteiger partial charge in [0.2, 0.25) is 0 Å². The highest BCUT2D eigenvalue weighted by Crippen LogP contribution is 2.43. The number of nitrogens with two attached hydrogens (primary N) is 1. The molecule has 3 heteroatoms. The van der Waals surface area contributed by atoms with Gasteiger partial charge in [-0.15, -0.1) is 0 Å². The van der Waals surface area contributed by atoms with Gasteiger partial charge in [0.1, 0.15) is 0 Å². The highest BCUT2D eigenvalue weighted by atomic mass is 16.5. The van der Waals surface area contributed by atoms with E-state index in [1.165, 1.54) is 19.4 Å². The maximum atomic E-state index is 6.16. The number of hydrogen-bond acceptors (Lipinski definition) is 3. The Morgan fingerprint density at radius 1 is 1.18 bits per heavy atom. The third-order valence-corrected chi connectivity index (χ3v) is 4.67. The summed E-state index contributed by atoms with van der Waals surface area (Å²) in [4.78, 5) is 2.67. The van der Waals surface area contributed by atoms with Crippen LogP contribution in [0.15, 0.2) is 0 Å². The summed E-state index contributed by atoms with van der Waals surface area (Å²) in [6, 6.07) is 0. The smallest absolute Gasteiger partial charge is 0.0644 e. The van der Waals surface area contributed by atoms with E-state index >= 15 is 0 Å². The standard InChI is InChI=1S/C14H28N2O/c1-12(2)6-5-8-16(12)14(11-15)7-9-17-13(3,4)10-14/h5-11,15H2,1-4H3. The summed E-state index contributed by atoms with van der Waals surface area (Å²) in [5, 5.41) is 0. The van der Waals surface area contributed by atoms with Gasteiger partial charge in [0.15, 0.2) is 0 Å². The van der Waals surface area contributed by atoms with Crippen LogP contribution in [0.5, 0.6) is 0 Å². The molecule has 2 N–H and O–H groups in total. The van der Waals surface area contributed by atoms with Crippen LogP contribution in [0.25, 0.3) is 0 Å². The lowest BCUT2D eigenvalue weighted by molar-refractivity contribution is -0.129. The number of rotatable bonds is 2. The lowest BCUT2D eigenvalue weighted by atomic mass is 9.78. The first-order valence-electron chi connectivity index (χ1n) is 6.93. The summed E-state index contributed by atoms with van der Waals surface area (Å²) in [6.45, 7) is 11.9. The van der Waals surface area contributed by atoms with Gasteiger partial charge in [-0.1, -0.05) is 0 Å². The van der Waals surface area contributed by atoms with Crippen molar-refractivity contribution in [2.75, 3.05) is 19.7 Å². The van der Waals surface area contributed by atoms with E-state index in [-0.39, 0.29) is 11.1 Å². The number of ether oxygens (including phenoxy) is 1. The fourth-order valence-electron chi connectivity index (χ4n) is 3.95. The summed E-state index contributed by atoms with van der Waals surface area (Å²) in [7, 11) is 0. The Morgan fingerprint density at radius 2 is 1.88 bits per heavy atom. The van der Waals surface area contributed by atoms with Crippen LogP contribution in [0, 0.1) is 0 Å². The van der Waals surface area contributed by atoms with Crippen LogP contribution in [0.4, 0.5) is 0 Å². The van der Waals surface area contributed by atoms with E-state index in [0.29, 0.717) is 5.54 Å². The molecule has 3 nitrogen and oxygen atoms in total. The van der Waals surface area contributed by atoms with Crippen LogP contribution in [-0.2, 0) is 4.74 Å². The molecule has 0 aromatic heterocycles. The predicted molar refractivity (Wildman–Crippen MR) is 71.1 cm³/mol. The fraction of sp³-hybridized carbons (Fsp3) is 1.00. The molecular formula is C14H28N2O. The zero-order chi connectivity index (χ0) is 12.7. The lowest BCUT2D eigenvalue weighted by Crippen LogP contribution is -2.64. The van der Waals surface area contributed by atoms with Gasteiger partial charge >= 0.3 is 0 Å². The van der Waals surface area contributed by atoms with Crippen LogP contribution in [0.1, 0.15) is 53.4 Å². The Labute approximate surface area is 106 Å². The number of hydrogen-bond donors (Lipinski definition) is 1. The first kappa shape index (κ1) is 13.3. The molecule has 0 amide bonds. The minimum atomic E-state index is -0.0315. The molecule has 0 saturated carbocycles. The minimum absolute atomic E-state index is 0.0315. The molecule has 0 spiro atoms. The quantitative estimate of drug-likeness (QED) is 0.804. The molecule has 2 aliphatic heterocycles. The molecular weight excluding hydrogens is 212 g/mol. The van der Waals surface area contributed by atoms with Crippen molar-refractivity contribution in [2.24, 2.45) is 5.73 Å². The monoisotopic (exact) mass is 240 g/mol. The van der Waals surface area contributed by atoms with E-state index < -0.39 is 0 Å². The van der Waals surface area contributed by atoms with Crippen molar-refractivity contribution in [3.05, 3.63) is 0 Å². The van der Waals surface area contributed by atoms with Crippen molar-refractivity contribution in [1.29, 1.82) is 0 Å². The van der Waals surface area contributed by atoms with Gasteiger partial charge in [-0.05, 0) is 59.9 Å². The van der Waals surface area contributed by atoms with E-state index in [1.54, 1.807) is 0 Å². The Bertz CT molecular complexity index is 288. The van der Waals surface area contributed by atoms with Crippen molar-refractivity contribution in [3.63, 3.8) is 0 Å². The van der Waals surface area contributed by atoms with Crippen LogP contribution >= 0.6 is 0 Å². The van der Waals surface area contributed by atoms with Gasteiger partial charge in [-0.2, -0.15) is 0 Å². The van der Waals surface area contributed by atoms with Crippen LogP contribution in [0.3, 0.4) is 0 Å². The van der Waals surface area contributed by atoms with E-state index in [0.717, 1.165) is 26.0 Å². The SMILES string of the molecule is CC1(C)CC(CN)(N2CCCC2(C)C)CCO1. The van der Waals surface area contributed by atoms with Crippen molar-refractivity contribution in [3.8, 4) is 0 Å². The largest absolute Gasteiger partial charge is 0.375 e. The van der Waals surface area contributed by atoms with Crippen LogP contribution < -0.4 is 5.73 Å². The second-order valence-corrected chi connectivity index (χ2v) is 7.03. The molecule has 2 saturated heterocycles. The summed E-state index contributed by atoms with van der Waals surface area (Å²) in [5.74, 6) is 0. The second-order valence-electron chi connectivity index (χ2n) is 7.03. The van der Waals surface area contributed by atoms with Gasteiger partial charge in [0, 0.05) is 24.2 Å². The average molecular weight is 240 g/mol. The van der Waals surface area contributed by atoms with E-state index in [9.17, 15) is 0 Å². The van der Waals surface area contributed by atoms with Gasteiger partial charge in [0.25, 0.3) is 0 Å². The fourth-order valence-corrected chi connectivity index (χ4v) is 3.95. The summed E-state index contributed by atoms with van der Waals surface area (Å²) in [6.07, 6.45) is 4.72. The Kier molecular flexibility index (Phi) is 3.30. The lowest BCUT2D eigenvalue weighted by Gasteiger charge is -2.53. The molecule has 0 aromatic rings. The molecule has 1 atom stereocenters. The molecule has 0 bridgehead atoms. The highest BCUT2D eigenvalue weighted by molar-refractivity contribution is 5.05. The average Bonchev–Trinajstić information content (AvgIpc) is 2.57. The number of nitrogens with zero attached hydrogens (tertiary/aromatic N) is 1.